The highest BCUT2D eigenvalue weighted by Crippen LogP contribution is 2.29. The number of hydrogen-bond acceptors (Lipinski definition) is 4. The lowest BCUT2D eigenvalue weighted by Gasteiger charge is -2.11. The van der Waals surface area contributed by atoms with Gasteiger partial charge in [-0.25, -0.2) is 0 Å². The summed E-state index contributed by atoms with van der Waals surface area (Å²) in [7, 11) is 3.01. The maximum atomic E-state index is 11.2. The minimum atomic E-state index is -0.297. The van der Waals surface area contributed by atoms with Crippen molar-refractivity contribution in [3.63, 3.8) is 0 Å². The summed E-state index contributed by atoms with van der Waals surface area (Å²) in [6, 6.07) is 15.6. The van der Waals surface area contributed by atoms with E-state index in [-0.39, 0.29) is 12.5 Å². The standard InChI is InChI=1S/C16H17NO3/c1-19-13-9-7-12(8-10-13)14-5-3-4-6-15(14)17-11-16(18)20-2/h3-10,17H,11H2,1-2H3. The summed E-state index contributed by atoms with van der Waals surface area (Å²) in [5, 5.41) is 3.09. The predicted octanol–water partition coefficient (Wildman–Crippen LogP) is 2.95. The second kappa shape index (κ2) is 6.61. The van der Waals surface area contributed by atoms with Crippen LogP contribution in [0.4, 0.5) is 5.69 Å². The molecule has 0 unspecified atom stereocenters. The highest BCUT2D eigenvalue weighted by Gasteiger charge is 2.06. The van der Waals surface area contributed by atoms with E-state index in [1.165, 1.54) is 7.11 Å². The molecule has 0 aliphatic heterocycles. The molecule has 1 N–H and O–H groups in total. The molecule has 4 heteroatoms. The second-order valence-corrected chi connectivity index (χ2v) is 4.20. The highest BCUT2D eigenvalue weighted by molar-refractivity contribution is 5.81. The minimum absolute atomic E-state index is 0.143. The monoisotopic (exact) mass is 271 g/mol. The van der Waals surface area contributed by atoms with Crippen LogP contribution in [0.15, 0.2) is 48.5 Å². The number of carbonyl (C=O) groups is 1. The molecule has 0 aliphatic rings. The topological polar surface area (TPSA) is 47.6 Å². The number of para-hydroxylation sites is 1. The summed E-state index contributed by atoms with van der Waals surface area (Å²) in [6.07, 6.45) is 0. The molecular weight excluding hydrogens is 254 g/mol. The Kier molecular flexibility index (Phi) is 4.60. The van der Waals surface area contributed by atoms with Crippen LogP contribution >= 0.6 is 0 Å². The lowest BCUT2D eigenvalue weighted by atomic mass is 10.0. The molecule has 2 aromatic carbocycles. The Bertz CT molecular complexity index is 579. The summed E-state index contributed by atoms with van der Waals surface area (Å²) in [6.45, 7) is 0.143. The van der Waals surface area contributed by atoms with Gasteiger partial charge in [0.15, 0.2) is 0 Å². The third-order valence-corrected chi connectivity index (χ3v) is 2.98. The number of nitrogens with one attached hydrogen (secondary N) is 1. The number of esters is 1. The molecule has 20 heavy (non-hydrogen) atoms. The van der Waals surface area contributed by atoms with Gasteiger partial charge < -0.3 is 14.8 Å². The Morgan fingerprint density at radius 3 is 2.40 bits per heavy atom. The van der Waals surface area contributed by atoms with Crippen LogP contribution in [0.2, 0.25) is 0 Å². The lowest BCUT2D eigenvalue weighted by molar-refractivity contribution is -0.138. The molecule has 104 valence electrons. The molecule has 0 aromatic heterocycles. The van der Waals surface area contributed by atoms with E-state index >= 15 is 0 Å². The maximum Gasteiger partial charge on any atom is 0.325 e. The van der Waals surface area contributed by atoms with Crippen LogP contribution in [-0.2, 0) is 9.53 Å². The van der Waals surface area contributed by atoms with E-state index in [1.54, 1.807) is 7.11 Å². The first kappa shape index (κ1) is 13.9. The van der Waals surface area contributed by atoms with E-state index < -0.39 is 0 Å². The number of methoxy groups -OCH3 is 2. The van der Waals surface area contributed by atoms with Crippen LogP contribution in [0, 0.1) is 0 Å². The van der Waals surface area contributed by atoms with Crippen LogP contribution in [-0.4, -0.2) is 26.7 Å². The first-order chi connectivity index (χ1) is 9.74. The van der Waals surface area contributed by atoms with Gasteiger partial charge in [0.1, 0.15) is 12.3 Å². The zero-order valence-corrected chi connectivity index (χ0v) is 11.6. The fraction of sp³-hybridized carbons (Fsp3) is 0.188. The number of carbonyl (C=O) groups excluding carboxylic acids is 1. The molecule has 0 amide bonds. The average Bonchev–Trinajstić information content (AvgIpc) is 2.53. The molecular formula is C16H17NO3. The number of benzene rings is 2. The molecule has 0 fully saturated rings. The number of anilines is 1. The summed E-state index contributed by atoms with van der Waals surface area (Å²) >= 11 is 0. The normalized spacial score (nSPS) is 9.90. The van der Waals surface area contributed by atoms with Gasteiger partial charge in [0.25, 0.3) is 0 Å². The van der Waals surface area contributed by atoms with Crippen LogP contribution in [0.1, 0.15) is 0 Å². The van der Waals surface area contributed by atoms with Gasteiger partial charge in [-0.05, 0) is 23.8 Å². The van der Waals surface area contributed by atoms with Crippen molar-refractivity contribution in [1.82, 2.24) is 0 Å². The van der Waals surface area contributed by atoms with Crippen molar-refractivity contribution >= 4 is 11.7 Å². The molecule has 2 rings (SSSR count). The Hall–Kier alpha value is -2.49. The molecule has 0 heterocycles. The third-order valence-electron chi connectivity index (χ3n) is 2.98. The summed E-state index contributed by atoms with van der Waals surface area (Å²) in [5.74, 6) is 0.517. The van der Waals surface area contributed by atoms with Gasteiger partial charge >= 0.3 is 5.97 Å². The smallest absolute Gasteiger partial charge is 0.325 e. The van der Waals surface area contributed by atoms with Gasteiger partial charge in [0.05, 0.1) is 14.2 Å². The molecule has 0 saturated carbocycles. The van der Waals surface area contributed by atoms with Gasteiger partial charge in [-0.15, -0.1) is 0 Å². The summed E-state index contributed by atoms with van der Waals surface area (Å²) in [5.41, 5.74) is 2.97. The highest BCUT2D eigenvalue weighted by atomic mass is 16.5. The molecule has 0 bridgehead atoms. The van der Waals surface area contributed by atoms with Crippen molar-refractivity contribution < 1.29 is 14.3 Å². The number of rotatable bonds is 5. The van der Waals surface area contributed by atoms with Crippen molar-refractivity contribution in [2.24, 2.45) is 0 Å². The Labute approximate surface area is 118 Å². The quantitative estimate of drug-likeness (QED) is 0.849. The van der Waals surface area contributed by atoms with Crippen molar-refractivity contribution in [2.45, 2.75) is 0 Å². The number of ether oxygens (including phenoxy) is 2. The van der Waals surface area contributed by atoms with Crippen molar-refractivity contribution in [2.75, 3.05) is 26.1 Å². The SMILES string of the molecule is COC(=O)CNc1ccccc1-c1ccc(OC)cc1. The summed E-state index contributed by atoms with van der Waals surface area (Å²) < 4.78 is 9.78. The third kappa shape index (κ3) is 3.29. The van der Waals surface area contributed by atoms with Gasteiger partial charge in [-0.2, -0.15) is 0 Å². The zero-order valence-electron chi connectivity index (χ0n) is 11.6. The molecule has 0 saturated heterocycles. The molecule has 2 aromatic rings. The Morgan fingerprint density at radius 2 is 1.75 bits per heavy atom. The largest absolute Gasteiger partial charge is 0.497 e. The van der Waals surface area contributed by atoms with Gasteiger partial charge in [0.2, 0.25) is 0 Å². The van der Waals surface area contributed by atoms with E-state index in [1.807, 2.05) is 48.5 Å². The summed E-state index contributed by atoms with van der Waals surface area (Å²) in [4.78, 5) is 11.2. The van der Waals surface area contributed by atoms with E-state index in [0.29, 0.717) is 0 Å². The second-order valence-electron chi connectivity index (χ2n) is 4.20. The Morgan fingerprint density at radius 1 is 1.05 bits per heavy atom. The van der Waals surface area contributed by atoms with Crippen LogP contribution < -0.4 is 10.1 Å². The van der Waals surface area contributed by atoms with E-state index in [0.717, 1.165) is 22.6 Å². The van der Waals surface area contributed by atoms with Gasteiger partial charge in [-0.3, -0.25) is 4.79 Å². The fourth-order valence-corrected chi connectivity index (χ4v) is 1.90. The number of hydrogen-bond donors (Lipinski definition) is 1. The van der Waals surface area contributed by atoms with Crippen molar-refractivity contribution in [3.05, 3.63) is 48.5 Å². The zero-order chi connectivity index (χ0) is 14.4. The fourth-order valence-electron chi connectivity index (χ4n) is 1.90. The first-order valence-corrected chi connectivity index (χ1v) is 6.28. The molecule has 0 aliphatic carbocycles. The molecule has 4 nitrogen and oxygen atoms in total. The minimum Gasteiger partial charge on any atom is -0.497 e. The van der Waals surface area contributed by atoms with E-state index in [9.17, 15) is 4.79 Å². The first-order valence-electron chi connectivity index (χ1n) is 6.28. The van der Waals surface area contributed by atoms with Gasteiger partial charge in [-0.1, -0.05) is 30.3 Å². The molecule has 0 radical (unpaired) electrons. The van der Waals surface area contributed by atoms with Crippen molar-refractivity contribution in [1.29, 1.82) is 0 Å². The average molecular weight is 271 g/mol. The lowest BCUT2D eigenvalue weighted by Crippen LogP contribution is -2.15. The van der Waals surface area contributed by atoms with E-state index in [4.69, 9.17) is 4.74 Å². The van der Waals surface area contributed by atoms with Crippen LogP contribution in [0.25, 0.3) is 11.1 Å². The van der Waals surface area contributed by atoms with Crippen molar-refractivity contribution in [3.8, 4) is 16.9 Å². The molecule has 0 spiro atoms. The maximum absolute atomic E-state index is 11.2. The predicted molar refractivity (Wildman–Crippen MR) is 78.9 cm³/mol. The van der Waals surface area contributed by atoms with E-state index in [2.05, 4.69) is 10.1 Å². The van der Waals surface area contributed by atoms with Gasteiger partial charge in [0, 0.05) is 11.3 Å². The Balaban J connectivity index is 2.24. The van der Waals surface area contributed by atoms with Crippen LogP contribution in [0.3, 0.4) is 0 Å². The molecule has 0 atom stereocenters. The van der Waals surface area contributed by atoms with Crippen LogP contribution in [0.5, 0.6) is 5.75 Å².